The first-order valence-electron chi connectivity index (χ1n) is 7.33. The zero-order valence-electron chi connectivity index (χ0n) is 12.6. The number of nitrogens with one attached hydrogen (secondary N) is 1. The predicted molar refractivity (Wildman–Crippen MR) is 79.5 cm³/mol. The van der Waals surface area contributed by atoms with Crippen molar-refractivity contribution >= 4 is 5.91 Å². The Morgan fingerprint density at radius 2 is 1.86 bits per heavy atom. The number of hydrogen-bond acceptors (Lipinski definition) is 4. The lowest BCUT2D eigenvalue weighted by atomic mass is 10.0. The topological polar surface area (TPSA) is 67.8 Å². The summed E-state index contributed by atoms with van der Waals surface area (Å²) in [6.45, 7) is 1.99. The van der Waals surface area contributed by atoms with Crippen molar-refractivity contribution in [2.45, 2.75) is 44.3 Å². The molecule has 5 heteroatoms. The maximum atomic E-state index is 12.0. The maximum absolute atomic E-state index is 12.0. The van der Waals surface area contributed by atoms with Crippen molar-refractivity contribution in [3.05, 3.63) is 24.3 Å². The Hall–Kier alpha value is -1.75. The zero-order valence-corrected chi connectivity index (χ0v) is 12.6. The lowest BCUT2D eigenvalue weighted by Crippen LogP contribution is -2.45. The highest BCUT2D eigenvalue weighted by atomic mass is 16.5. The summed E-state index contributed by atoms with van der Waals surface area (Å²) in [5.41, 5.74) is -0.741. The SMILES string of the molecule is COc1ccc(OC(C)C(=O)NCC2(O)CCCC2)cc1. The van der Waals surface area contributed by atoms with E-state index in [2.05, 4.69) is 5.32 Å². The van der Waals surface area contributed by atoms with Crippen LogP contribution in [0.1, 0.15) is 32.6 Å². The van der Waals surface area contributed by atoms with Crippen LogP contribution in [0, 0.1) is 0 Å². The third kappa shape index (κ3) is 4.36. The third-order valence-electron chi connectivity index (χ3n) is 3.87. The van der Waals surface area contributed by atoms with Gasteiger partial charge in [0.2, 0.25) is 0 Å². The highest BCUT2D eigenvalue weighted by molar-refractivity contribution is 5.80. The van der Waals surface area contributed by atoms with Gasteiger partial charge in [-0.3, -0.25) is 4.79 Å². The van der Waals surface area contributed by atoms with Crippen molar-refractivity contribution in [1.29, 1.82) is 0 Å². The van der Waals surface area contributed by atoms with E-state index in [9.17, 15) is 9.90 Å². The Balaban J connectivity index is 1.81. The van der Waals surface area contributed by atoms with Crippen molar-refractivity contribution in [1.82, 2.24) is 5.32 Å². The molecule has 1 saturated carbocycles. The predicted octanol–water partition coefficient (Wildman–Crippen LogP) is 1.88. The van der Waals surface area contributed by atoms with Crippen LogP contribution in [-0.2, 0) is 4.79 Å². The highest BCUT2D eigenvalue weighted by Crippen LogP contribution is 2.28. The first kappa shape index (κ1) is 15.6. The van der Waals surface area contributed by atoms with Gasteiger partial charge in [0.1, 0.15) is 11.5 Å². The highest BCUT2D eigenvalue weighted by Gasteiger charge is 2.31. The lowest BCUT2D eigenvalue weighted by molar-refractivity contribution is -0.128. The lowest BCUT2D eigenvalue weighted by Gasteiger charge is -2.23. The van der Waals surface area contributed by atoms with Crippen LogP contribution in [0.25, 0.3) is 0 Å². The second-order valence-corrected chi connectivity index (χ2v) is 5.58. The van der Waals surface area contributed by atoms with Gasteiger partial charge in [-0.2, -0.15) is 0 Å². The molecule has 21 heavy (non-hydrogen) atoms. The summed E-state index contributed by atoms with van der Waals surface area (Å²) in [5, 5.41) is 13.0. The molecule has 0 spiro atoms. The summed E-state index contributed by atoms with van der Waals surface area (Å²) in [6.07, 6.45) is 2.93. The van der Waals surface area contributed by atoms with Gasteiger partial charge in [-0.05, 0) is 44.0 Å². The maximum Gasteiger partial charge on any atom is 0.260 e. The van der Waals surface area contributed by atoms with E-state index in [1.54, 1.807) is 38.3 Å². The fraction of sp³-hybridized carbons (Fsp3) is 0.562. The second kappa shape index (κ2) is 6.80. The van der Waals surface area contributed by atoms with Crippen LogP contribution in [0.4, 0.5) is 0 Å². The standard InChI is InChI=1S/C16H23NO4/c1-12(21-14-7-5-13(20-2)6-8-14)15(18)17-11-16(19)9-3-4-10-16/h5-8,12,19H,3-4,9-11H2,1-2H3,(H,17,18). The van der Waals surface area contributed by atoms with Crippen LogP contribution >= 0.6 is 0 Å². The van der Waals surface area contributed by atoms with Crippen molar-refractivity contribution in [2.24, 2.45) is 0 Å². The molecule has 0 heterocycles. The van der Waals surface area contributed by atoms with Crippen LogP contribution in [0.3, 0.4) is 0 Å². The van der Waals surface area contributed by atoms with Crippen molar-refractivity contribution in [2.75, 3.05) is 13.7 Å². The molecule has 1 atom stereocenters. The molecule has 0 aromatic heterocycles. The monoisotopic (exact) mass is 293 g/mol. The first-order valence-corrected chi connectivity index (χ1v) is 7.33. The average molecular weight is 293 g/mol. The quantitative estimate of drug-likeness (QED) is 0.840. The number of amides is 1. The third-order valence-corrected chi connectivity index (χ3v) is 3.87. The smallest absolute Gasteiger partial charge is 0.260 e. The van der Waals surface area contributed by atoms with Crippen LogP contribution in [0.15, 0.2) is 24.3 Å². The van der Waals surface area contributed by atoms with Gasteiger partial charge in [0.25, 0.3) is 5.91 Å². The molecule has 116 valence electrons. The molecule has 0 saturated heterocycles. The molecule has 0 aliphatic heterocycles. The van der Waals surface area contributed by atoms with E-state index in [1.807, 2.05) is 0 Å². The largest absolute Gasteiger partial charge is 0.497 e. The van der Waals surface area contributed by atoms with Gasteiger partial charge < -0.3 is 19.9 Å². The van der Waals surface area contributed by atoms with E-state index in [-0.39, 0.29) is 5.91 Å². The van der Waals surface area contributed by atoms with E-state index in [0.29, 0.717) is 12.3 Å². The molecule has 1 aromatic rings. The van der Waals surface area contributed by atoms with Gasteiger partial charge in [-0.15, -0.1) is 0 Å². The van der Waals surface area contributed by atoms with E-state index in [4.69, 9.17) is 9.47 Å². The normalized spacial score (nSPS) is 18.0. The number of benzene rings is 1. The molecule has 1 fully saturated rings. The van der Waals surface area contributed by atoms with Gasteiger partial charge in [0.15, 0.2) is 6.10 Å². The van der Waals surface area contributed by atoms with Gasteiger partial charge in [-0.25, -0.2) is 0 Å². The van der Waals surface area contributed by atoms with Gasteiger partial charge in [0.05, 0.1) is 12.7 Å². The Kier molecular flexibility index (Phi) is 5.07. The molecular weight excluding hydrogens is 270 g/mol. The van der Waals surface area contributed by atoms with E-state index >= 15 is 0 Å². The van der Waals surface area contributed by atoms with Crippen LogP contribution in [0.2, 0.25) is 0 Å². The van der Waals surface area contributed by atoms with Crippen molar-refractivity contribution < 1.29 is 19.4 Å². The Labute approximate surface area is 125 Å². The number of rotatable bonds is 6. The summed E-state index contributed by atoms with van der Waals surface area (Å²) in [6, 6.07) is 7.07. The second-order valence-electron chi connectivity index (χ2n) is 5.58. The Morgan fingerprint density at radius 1 is 1.29 bits per heavy atom. The zero-order chi connectivity index (χ0) is 15.3. The first-order chi connectivity index (χ1) is 10.0. The van der Waals surface area contributed by atoms with E-state index in [0.717, 1.165) is 31.4 Å². The molecule has 1 aliphatic rings. The van der Waals surface area contributed by atoms with Crippen molar-refractivity contribution in [3.63, 3.8) is 0 Å². The molecule has 2 N–H and O–H groups in total. The molecule has 1 aliphatic carbocycles. The average Bonchev–Trinajstić information content (AvgIpc) is 2.93. The molecule has 1 unspecified atom stereocenters. The van der Waals surface area contributed by atoms with Gasteiger partial charge in [-0.1, -0.05) is 12.8 Å². The number of methoxy groups -OCH3 is 1. The van der Waals surface area contributed by atoms with Crippen LogP contribution < -0.4 is 14.8 Å². The Morgan fingerprint density at radius 3 is 2.43 bits per heavy atom. The van der Waals surface area contributed by atoms with Crippen LogP contribution in [0.5, 0.6) is 11.5 Å². The molecule has 2 rings (SSSR count). The fourth-order valence-corrected chi connectivity index (χ4v) is 2.52. The number of carbonyl (C=O) groups excluding carboxylic acids is 1. The summed E-state index contributed by atoms with van der Waals surface area (Å²) in [7, 11) is 1.60. The number of ether oxygens (including phenoxy) is 2. The van der Waals surface area contributed by atoms with Gasteiger partial charge in [0, 0.05) is 6.54 Å². The van der Waals surface area contributed by atoms with E-state index in [1.165, 1.54) is 0 Å². The van der Waals surface area contributed by atoms with Crippen LogP contribution in [-0.4, -0.2) is 36.4 Å². The summed E-state index contributed by atoms with van der Waals surface area (Å²) >= 11 is 0. The molecule has 0 bridgehead atoms. The number of carbonyl (C=O) groups is 1. The summed E-state index contributed by atoms with van der Waals surface area (Å²) < 4.78 is 10.6. The molecular formula is C16H23NO4. The molecule has 1 amide bonds. The molecule has 5 nitrogen and oxygen atoms in total. The molecule has 0 radical (unpaired) electrons. The fourth-order valence-electron chi connectivity index (χ4n) is 2.52. The van der Waals surface area contributed by atoms with Gasteiger partial charge >= 0.3 is 0 Å². The minimum atomic E-state index is -0.741. The summed E-state index contributed by atoms with van der Waals surface area (Å²) in [5.74, 6) is 1.13. The van der Waals surface area contributed by atoms with Crippen molar-refractivity contribution in [3.8, 4) is 11.5 Å². The minimum absolute atomic E-state index is 0.217. The number of hydrogen-bond donors (Lipinski definition) is 2. The van der Waals surface area contributed by atoms with E-state index < -0.39 is 11.7 Å². The summed E-state index contributed by atoms with van der Waals surface area (Å²) in [4.78, 5) is 12.0. The minimum Gasteiger partial charge on any atom is -0.497 e. The number of aliphatic hydroxyl groups is 1. The molecule has 1 aromatic carbocycles. The Bertz CT molecular complexity index is 466.